The number of nitrogens with two attached hydrogens (primary N) is 1. The Kier molecular flexibility index (Phi) is 7.04. The minimum absolute atomic E-state index is 0.0273. The van der Waals surface area contributed by atoms with Crippen molar-refractivity contribution in [2.45, 2.75) is 56.4 Å². The van der Waals surface area contributed by atoms with Crippen molar-refractivity contribution < 1.29 is 39.2 Å². The van der Waals surface area contributed by atoms with Gasteiger partial charge in [-0.2, -0.15) is 0 Å². The van der Waals surface area contributed by atoms with Crippen LogP contribution in [0, 0.1) is 17.8 Å². The van der Waals surface area contributed by atoms with Crippen molar-refractivity contribution >= 4 is 17.5 Å². The van der Waals surface area contributed by atoms with Gasteiger partial charge in [0.25, 0.3) is 0 Å². The number of piperidine rings is 1. The number of primary amides is 1. The van der Waals surface area contributed by atoms with Crippen molar-refractivity contribution in [3.05, 3.63) is 52.7 Å². The summed E-state index contributed by atoms with van der Waals surface area (Å²) in [6.45, 7) is 2.17. The molecule has 0 spiro atoms. The normalized spacial score (nSPS) is 31.6. The number of nitrogens with zero attached hydrogens (tertiary/aromatic N) is 2. The highest BCUT2D eigenvalue weighted by atomic mass is 16.4. The van der Waals surface area contributed by atoms with Gasteiger partial charge in [0.15, 0.2) is 17.2 Å². The van der Waals surface area contributed by atoms with E-state index in [1.54, 1.807) is 31.3 Å². The number of aromatic hydroxyl groups is 1. The molecule has 1 aromatic carbocycles. The van der Waals surface area contributed by atoms with Crippen LogP contribution in [0.2, 0.25) is 0 Å². The number of carbonyl (C=O) groups excluding carboxylic acids is 3. The van der Waals surface area contributed by atoms with E-state index in [9.17, 15) is 34.8 Å². The van der Waals surface area contributed by atoms with Gasteiger partial charge in [-0.25, -0.2) is 0 Å². The average molecular weight is 580 g/mol. The topological polar surface area (TPSA) is 178 Å². The predicted octanol–water partition coefficient (Wildman–Crippen LogP) is 1.53. The standard InChI is InChI=1S/C31H37N3O8/c1-33(2)24-20-12-16-10-19-18(15-6-9-42-14-15)11-17(13-34-7-4-3-5-8-34)25(35)22(19)26(36)21(16)28(38)31(20,41)29(39)23(27(24)37)30(32)40/h6,9,11,14,16,20,23-24,27,35,37-38,41H,3-5,7-8,10,12-13H2,1-2H3,(H2,32,40)/t16-,20-,23?,24-,27?,31-/m0/s1. The van der Waals surface area contributed by atoms with E-state index in [0.29, 0.717) is 17.7 Å². The fraction of sp³-hybridized carbons (Fsp3) is 0.516. The van der Waals surface area contributed by atoms with Gasteiger partial charge in [0, 0.05) is 35.2 Å². The molecular formula is C31H37N3O8. The lowest BCUT2D eigenvalue weighted by Gasteiger charge is -2.53. The number of ketones is 2. The van der Waals surface area contributed by atoms with Crippen LogP contribution >= 0.6 is 0 Å². The Hall–Kier alpha value is -3.51. The van der Waals surface area contributed by atoms with Gasteiger partial charge in [-0.05, 0) is 82.0 Å². The molecule has 42 heavy (non-hydrogen) atoms. The minimum Gasteiger partial charge on any atom is -0.508 e. The maximum absolute atomic E-state index is 14.3. The fourth-order valence-electron chi connectivity index (χ4n) is 7.88. The molecule has 11 heteroatoms. The summed E-state index contributed by atoms with van der Waals surface area (Å²) < 4.78 is 5.36. The van der Waals surface area contributed by atoms with E-state index in [2.05, 4.69) is 4.90 Å². The summed E-state index contributed by atoms with van der Waals surface area (Å²) in [4.78, 5) is 44.0. The van der Waals surface area contributed by atoms with Crippen LogP contribution in [0.3, 0.4) is 0 Å². The summed E-state index contributed by atoms with van der Waals surface area (Å²) in [5.41, 5.74) is 5.35. The number of Topliss-reactive ketones (excluding diaryl/α,β-unsaturated/α-hetero) is 2. The molecule has 1 saturated carbocycles. The number of allylic oxidation sites excluding steroid dienone is 1. The Morgan fingerprint density at radius 1 is 1.19 bits per heavy atom. The minimum atomic E-state index is -2.61. The third kappa shape index (κ3) is 4.13. The van der Waals surface area contributed by atoms with Crippen molar-refractivity contribution in [2.24, 2.45) is 23.5 Å². The van der Waals surface area contributed by atoms with Gasteiger partial charge < -0.3 is 35.5 Å². The number of hydrogen-bond donors (Lipinski definition) is 5. The molecule has 2 heterocycles. The van der Waals surface area contributed by atoms with Crippen LogP contribution in [0.4, 0.5) is 0 Å². The molecule has 2 aromatic rings. The number of likely N-dealkylation sites (N-methyl/N-ethyl adjacent to an activating group) is 1. The number of phenols is 1. The molecule has 1 aliphatic heterocycles. The first-order chi connectivity index (χ1) is 20.0. The van der Waals surface area contributed by atoms with Gasteiger partial charge in [-0.15, -0.1) is 0 Å². The molecule has 1 amide bonds. The highest BCUT2D eigenvalue weighted by Crippen LogP contribution is 2.53. The molecule has 1 saturated heterocycles. The quantitative estimate of drug-likeness (QED) is 0.326. The van der Waals surface area contributed by atoms with Crippen molar-refractivity contribution in [1.82, 2.24) is 9.80 Å². The van der Waals surface area contributed by atoms with Crippen molar-refractivity contribution in [1.29, 1.82) is 0 Å². The molecule has 11 nitrogen and oxygen atoms in total. The van der Waals surface area contributed by atoms with E-state index in [-0.39, 0.29) is 29.7 Å². The zero-order valence-corrected chi connectivity index (χ0v) is 23.7. The first-order valence-electron chi connectivity index (χ1n) is 14.5. The van der Waals surface area contributed by atoms with Crippen LogP contribution < -0.4 is 5.73 Å². The summed E-state index contributed by atoms with van der Waals surface area (Å²) in [6.07, 6.45) is 5.13. The number of likely N-dealkylation sites (tertiary alicyclic amines) is 1. The van der Waals surface area contributed by atoms with Crippen molar-refractivity contribution in [3.8, 4) is 16.9 Å². The van der Waals surface area contributed by atoms with Crippen LogP contribution in [0.15, 0.2) is 40.4 Å². The second kappa shape index (κ2) is 10.3. The first kappa shape index (κ1) is 28.6. The number of furan rings is 1. The zero-order valence-electron chi connectivity index (χ0n) is 23.7. The first-order valence-corrected chi connectivity index (χ1v) is 14.5. The fourth-order valence-corrected chi connectivity index (χ4v) is 7.88. The van der Waals surface area contributed by atoms with E-state index < -0.39 is 58.7 Å². The highest BCUT2D eigenvalue weighted by molar-refractivity contribution is 6.16. The molecule has 1 aromatic heterocycles. The molecule has 4 aliphatic rings. The van der Waals surface area contributed by atoms with Crippen LogP contribution in [0.25, 0.3) is 11.1 Å². The Balaban J connectivity index is 1.52. The number of hydrogen-bond acceptors (Lipinski definition) is 10. The van der Waals surface area contributed by atoms with Gasteiger partial charge >= 0.3 is 0 Å². The molecule has 0 radical (unpaired) electrons. The number of carbonyl (C=O) groups is 3. The summed E-state index contributed by atoms with van der Waals surface area (Å²) in [6, 6.07) is 2.76. The molecule has 224 valence electrons. The SMILES string of the molecule is CN(C)[C@@H]1C(O)C(C(N)=O)C(=O)[C@@]2(O)C(O)=C3C(=O)c4c(O)c(CN5CCCCC5)cc(-c5ccoc5)c4C[C@H]3C[C@@H]12. The number of aliphatic hydroxyl groups is 3. The molecule has 6 atom stereocenters. The van der Waals surface area contributed by atoms with E-state index in [1.165, 1.54) is 6.26 Å². The van der Waals surface area contributed by atoms with E-state index in [0.717, 1.165) is 43.5 Å². The van der Waals surface area contributed by atoms with Crippen molar-refractivity contribution in [3.63, 3.8) is 0 Å². The van der Waals surface area contributed by atoms with E-state index >= 15 is 0 Å². The molecule has 2 fully saturated rings. The maximum atomic E-state index is 14.3. The number of fused-ring (bicyclic) bond motifs is 3. The lowest BCUT2D eigenvalue weighted by Crippen LogP contribution is -2.71. The van der Waals surface area contributed by atoms with Crippen LogP contribution in [0.5, 0.6) is 5.75 Å². The molecule has 0 bridgehead atoms. The molecule has 2 unspecified atom stereocenters. The number of rotatable bonds is 5. The van der Waals surface area contributed by atoms with Gasteiger partial charge in [0.1, 0.15) is 17.4 Å². The molecule has 6 N–H and O–H groups in total. The Labute approximate surface area is 243 Å². The monoisotopic (exact) mass is 579 g/mol. The van der Waals surface area contributed by atoms with Gasteiger partial charge in [0.05, 0.1) is 24.2 Å². The smallest absolute Gasteiger partial charge is 0.230 e. The summed E-state index contributed by atoms with van der Waals surface area (Å²) in [5, 5.41) is 46.1. The molecular weight excluding hydrogens is 542 g/mol. The molecule has 6 rings (SSSR count). The summed E-state index contributed by atoms with van der Waals surface area (Å²) in [5.74, 6) is -7.39. The average Bonchev–Trinajstić information content (AvgIpc) is 3.47. The highest BCUT2D eigenvalue weighted by Gasteiger charge is 2.66. The number of aliphatic hydroxyl groups excluding tert-OH is 2. The van der Waals surface area contributed by atoms with Crippen LogP contribution in [0.1, 0.15) is 47.2 Å². The third-order valence-corrected chi connectivity index (χ3v) is 9.85. The van der Waals surface area contributed by atoms with E-state index in [1.807, 2.05) is 6.07 Å². The van der Waals surface area contributed by atoms with Gasteiger partial charge in [-0.1, -0.05) is 6.42 Å². The lowest BCUT2D eigenvalue weighted by molar-refractivity contribution is -0.178. The maximum Gasteiger partial charge on any atom is 0.230 e. The Bertz CT molecular complexity index is 1480. The number of benzene rings is 1. The second-order valence-corrected chi connectivity index (χ2v) is 12.4. The zero-order chi connectivity index (χ0) is 30.1. The third-order valence-electron chi connectivity index (χ3n) is 9.85. The van der Waals surface area contributed by atoms with E-state index in [4.69, 9.17) is 10.2 Å². The molecule has 3 aliphatic carbocycles. The number of phenolic OH excluding ortho intramolecular Hbond substituents is 1. The predicted molar refractivity (Wildman–Crippen MR) is 150 cm³/mol. The van der Waals surface area contributed by atoms with Gasteiger partial charge in [0.2, 0.25) is 5.91 Å². The van der Waals surface area contributed by atoms with Crippen LogP contribution in [-0.4, -0.2) is 92.6 Å². The largest absolute Gasteiger partial charge is 0.508 e. The lowest BCUT2D eigenvalue weighted by atomic mass is 9.55. The van der Waals surface area contributed by atoms with Crippen LogP contribution in [-0.2, 0) is 22.6 Å². The summed E-state index contributed by atoms with van der Waals surface area (Å²) in [7, 11) is 3.28. The number of amides is 1. The Morgan fingerprint density at radius 2 is 1.90 bits per heavy atom. The van der Waals surface area contributed by atoms with Gasteiger partial charge in [-0.3, -0.25) is 19.3 Å². The van der Waals surface area contributed by atoms with Crippen molar-refractivity contribution in [2.75, 3.05) is 27.2 Å². The Morgan fingerprint density at radius 3 is 2.52 bits per heavy atom. The summed E-state index contributed by atoms with van der Waals surface area (Å²) >= 11 is 0. The second-order valence-electron chi connectivity index (χ2n) is 12.4.